The van der Waals surface area contributed by atoms with Crippen LogP contribution in [0.15, 0.2) is 36.4 Å². The fraction of sp³-hybridized carbons (Fsp3) is 0.400. The molecule has 0 saturated heterocycles. The van der Waals surface area contributed by atoms with Crippen LogP contribution in [0.3, 0.4) is 0 Å². The summed E-state index contributed by atoms with van der Waals surface area (Å²) in [5, 5.41) is 21.5. The molecule has 2 aliphatic rings. The smallest absolute Gasteiger partial charge is 0.122 e. The monoisotopic (exact) mass is 310 g/mol. The normalized spacial score (nSPS) is 27.0. The lowest BCUT2D eigenvalue weighted by atomic mass is 9.66. The van der Waals surface area contributed by atoms with Gasteiger partial charge in [0.15, 0.2) is 0 Å². The fourth-order valence-electron chi connectivity index (χ4n) is 4.68. The van der Waals surface area contributed by atoms with Crippen molar-refractivity contribution in [3.8, 4) is 11.5 Å². The van der Waals surface area contributed by atoms with Gasteiger partial charge in [0.25, 0.3) is 0 Å². The number of benzene rings is 2. The van der Waals surface area contributed by atoms with Gasteiger partial charge < -0.3 is 14.9 Å². The van der Waals surface area contributed by atoms with E-state index in [1.807, 2.05) is 12.1 Å². The Bertz CT molecular complexity index is 778. The molecule has 0 amide bonds. The first-order chi connectivity index (χ1) is 10.9. The zero-order chi connectivity index (χ0) is 16.4. The van der Waals surface area contributed by atoms with Gasteiger partial charge in [-0.3, -0.25) is 0 Å². The summed E-state index contributed by atoms with van der Waals surface area (Å²) in [4.78, 5) is 0. The summed E-state index contributed by atoms with van der Waals surface area (Å²) in [5.74, 6) is 1.16. The number of hydrogen-bond donors (Lipinski definition) is 2. The summed E-state index contributed by atoms with van der Waals surface area (Å²) < 4.78 is 5.26. The van der Waals surface area contributed by atoms with E-state index in [1.54, 1.807) is 13.2 Å². The van der Waals surface area contributed by atoms with Crippen molar-refractivity contribution in [3.05, 3.63) is 58.7 Å². The third kappa shape index (κ3) is 1.86. The van der Waals surface area contributed by atoms with Crippen molar-refractivity contribution >= 4 is 0 Å². The van der Waals surface area contributed by atoms with Crippen molar-refractivity contribution in [2.24, 2.45) is 5.92 Å². The molecule has 4 rings (SSSR count). The average Bonchev–Trinajstić information content (AvgIpc) is 2.77. The zero-order valence-corrected chi connectivity index (χ0v) is 13.7. The van der Waals surface area contributed by atoms with Crippen LogP contribution in [0.4, 0.5) is 0 Å². The maximum absolute atomic E-state index is 11.1. The average molecular weight is 310 g/mol. The molecule has 120 valence electrons. The van der Waals surface area contributed by atoms with Gasteiger partial charge in [0, 0.05) is 17.5 Å². The van der Waals surface area contributed by atoms with Crippen LogP contribution in [-0.4, -0.2) is 17.3 Å². The van der Waals surface area contributed by atoms with Crippen LogP contribution in [0, 0.1) is 5.92 Å². The van der Waals surface area contributed by atoms with Gasteiger partial charge in [0.2, 0.25) is 0 Å². The topological polar surface area (TPSA) is 49.7 Å². The highest BCUT2D eigenvalue weighted by Gasteiger charge is 2.51. The molecule has 0 aromatic heterocycles. The Morgan fingerprint density at radius 3 is 2.61 bits per heavy atom. The predicted molar refractivity (Wildman–Crippen MR) is 89.0 cm³/mol. The van der Waals surface area contributed by atoms with E-state index in [9.17, 15) is 10.2 Å². The molecule has 0 unspecified atom stereocenters. The number of phenols is 1. The molecule has 2 aromatic rings. The van der Waals surface area contributed by atoms with E-state index in [1.165, 1.54) is 11.1 Å². The molecule has 0 spiro atoms. The Hall–Kier alpha value is -2.00. The highest BCUT2D eigenvalue weighted by molar-refractivity contribution is 5.54. The van der Waals surface area contributed by atoms with E-state index < -0.39 is 6.10 Å². The van der Waals surface area contributed by atoms with E-state index in [4.69, 9.17) is 4.74 Å². The number of phenolic OH excluding ortho intramolecular Hbond substituents is 1. The SMILES string of the molecule is COc1cc(O)c2c(c1)[C@H](O)[C@H]1c3ccccc3C(C)(C)[C@H]1C2. The van der Waals surface area contributed by atoms with Crippen LogP contribution in [0.25, 0.3) is 0 Å². The largest absolute Gasteiger partial charge is 0.508 e. The van der Waals surface area contributed by atoms with Crippen LogP contribution in [0.5, 0.6) is 11.5 Å². The molecule has 0 heterocycles. The van der Waals surface area contributed by atoms with Crippen LogP contribution in [0.2, 0.25) is 0 Å². The predicted octanol–water partition coefficient (Wildman–Crippen LogP) is 3.68. The molecule has 0 radical (unpaired) electrons. The summed E-state index contributed by atoms with van der Waals surface area (Å²) >= 11 is 0. The van der Waals surface area contributed by atoms with Crippen molar-refractivity contribution < 1.29 is 14.9 Å². The quantitative estimate of drug-likeness (QED) is 0.845. The minimum Gasteiger partial charge on any atom is -0.508 e. The van der Waals surface area contributed by atoms with Crippen LogP contribution in [0.1, 0.15) is 48.1 Å². The van der Waals surface area contributed by atoms with E-state index in [-0.39, 0.29) is 23.0 Å². The first-order valence-corrected chi connectivity index (χ1v) is 8.12. The summed E-state index contributed by atoms with van der Waals surface area (Å²) in [6.07, 6.45) is 0.154. The standard InChI is InChI=1S/C20H22O3/c1-20(2)15-7-5-4-6-12(15)18-16(20)10-13-14(19(18)22)8-11(23-3)9-17(13)21/h4-9,16,18-19,21-22H,10H2,1-3H3/t16-,18-,19-/m0/s1. The maximum Gasteiger partial charge on any atom is 0.122 e. The molecular weight excluding hydrogens is 288 g/mol. The Balaban J connectivity index is 1.91. The van der Waals surface area contributed by atoms with Gasteiger partial charge in [-0.25, -0.2) is 0 Å². The fourth-order valence-corrected chi connectivity index (χ4v) is 4.68. The summed E-state index contributed by atoms with van der Waals surface area (Å²) in [6.45, 7) is 4.49. The molecule has 2 aromatic carbocycles. The second-order valence-corrected chi connectivity index (χ2v) is 7.30. The molecule has 0 aliphatic heterocycles. The molecule has 0 fully saturated rings. The highest BCUT2D eigenvalue weighted by atomic mass is 16.5. The summed E-state index contributed by atoms with van der Waals surface area (Å²) in [5.41, 5.74) is 4.19. The number of rotatable bonds is 1. The van der Waals surface area contributed by atoms with Gasteiger partial charge in [0.1, 0.15) is 11.5 Å². The number of hydrogen-bond acceptors (Lipinski definition) is 3. The summed E-state index contributed by atoms with van der Waals surface area (Å²) in [7, 11) is 1.58. The molecular formula is C20H22O3. The number of aromatic hydroxyl groups is 1. The minimum absolute atomic E-state index is 0.0215. The van der Waals surface area contributed by atoms with Gasteiger partial charge in [-0.2, -0.15) is 0 Å². The van der Waals surface area contributed by atoms with Gasteiger partial charge in [0.05, 0.1) is 13.2 Å². The molecule has 3 nitrogen and oxygen atoms in total. The Labute approximate surface area is 136 Å². The summed E-state index contributed by atoms with van der Waals surface area (Å²) in [6, 6.07) is 11.9. The highest BCUT2D eigenvalue weighted by Crippen LogP contribution is 2.59. The number of methoxy groups -OCH3 is 1. The van der Waals surface area contributed by atoms with Gasteiger partial charge in [-0.1, -0.05) is 38.1 Å². The van der Waals surface area contributed by atoms with Gasteiger partial charge >= 0.3 is 0 Å². The number of fused-ring (bicyclic) bond motifs is 4. The lowest BCUT2D eigenvalue weighted by molar-refractivity contribution is 0.0899. The molecule has 2 N–H and O–H groups in total. The number of aliphatic hydroxyl groups excluding tert-OH is 1. The number of aliphatic hydroxyl groups is 1. The Morgan fingerprint density at radius 1 is 1.13 bits per heavy atom. The zero-order valence-electron chi connectivity index (χ0n) is 13.7. The van der Waals surface area contributed by atoms with Crippen molar-refractivity contribution in [1.82, 2.24) is 0 Å². The molecule has 23 heavy (non-hydrogen) atoms. The third-order valence-corrected chi connectivity index (χ3v) is 5.93. The van der Waals surface area contributed by atoms with Crippen molar-refractivity contribution in [1.29, 1.82) is 0 Å². The van der Waals surface area contributed by atoms with E-state index in [0.29, 0.717) is 5.75 Å². The van der Waals surface area contributed by atoms with E-state index in [2.05, 4.69) is 32.0 Å². The number of ether oxygens (including phenoxy) is 1. The molecule has 3 atom stereocenters. The molecule has 3 heteroatoms. The van der Waals surface area contributed by atoms with E-state index in [0.717, 1.165) is 17.5 Å². The molecule has 0 saturated carbocycles. The third-order valence-electron chi connectivity index (χ3n) is 5.93. The van der Waals surface area contributed by atoms with Crippen molar-refractivity contribution in [2.75, 3.05) is 7.11 Å². The van der Waals surface area contributed by atoms with Crippen LogP contribution >= 0.6 is 0 Å². The maximum atomic E-state index is 11.1. The van der Waals surface area contributed by atoms with Crippen molar-refractivity contribution in [2.45, 2.75) is 37.7 Å². The van der Waals surface area contributed by atoms with Crippen LogP contribution in [-0.2, 0) is 11.8 Å². The molecule has 0 bridgehead atoms. The second-order valence-electron chi connectivity index (χ2n) is 7.30. The Morgan fingerprint density at radius 2 is 1.87 bits per heavy atom. The lowest BCUT2D eigenvalue weighted by Gasteiger charge is -2.39. The van der Waals surface area contributed by atoms with Gasteiger partial charge in [-0.15, -0.1) is 0 Å². The Kier molecular flexibility index (Phi) is 3.01. The van der Waals surface area contributed by atoms with Gasteiger partial charge in [-0.05, 0) is 40.5 Å². The lowest BCUT2D eigenvalue weighted by Crippen LogP contribution is -2.34. The first-order valence-electron chi connectivity index (χ1n) is 8.12. The second kappa shape index (κ2) is 4.75. The molecule has 2 aliphatic carbocycles. The van der Waals surface area contributed by atoms with Crippen molar-refractivity contribution in [3.63, 3.8) is 0 Å². The van der Waals surface area contributed by atoms with E-state index >= 15 is 0 Å². The van der Waals surface area contributed by atoms with Crippen LogP contribution < -0.4 is 4.74 Å². The minimum atomic E-state index is -0.618. The first kappa shape index (κ1) is 14.6.